The minimum Gasteiger partial charge on any atom is -0.348 e. The van der Waals surface area contributed by atoms with E-state index in [9.17, 15) is 9.59 Å². The summed E-state index contributed by atoms with van der Waals surface area (Å²) >= 11 is 0. The monoisotopic (exact) mass is 434 g/mol. The molecule has 5 rings (SSSR count). The second kappa shape index (κ2) is 7.95. The van der Waals surface area contributed by atoms with Crippen LogP contribution >= 0.6 is 0 Å². The number of hydrogen-bond acceptors (Lipinski definition) is 3. The van der Waals surface area contributed by atoms with Crippen molar-refractivity contribution in [3.05, 3.63) is 101 Å². The first-order chi connectivity index (χ1) is 16.0. The van der Waals surface area contributed by atoms with Crippen molar-refractivity contribution in [3.8, 4) is 6.07 Å². The minimum absolute atomic E-state index is 0.0825. The zero-order valence-electron chi connectivity index (χ0n) is 18.4. The lowest BCUT2D eigenvalue weighted by atomic mass is 9.95. The van der Waals surface area contributed by atoms with E-state index in [1.807, 2.05) is 43.4 Å². The van der Waals surface area contributed by atoms with E-state index in [0.717, 1.165) is 27.7 Å². The third-order valence-electron chi connectivity index (χ3n) is 6.39. The highest BCUT2D eigenvalue weighted by Crippen LogP contribution is 2.43. The molecule has 0 radical (unpaired) electrons. The Labute approximate surface area is 191 Å². The van der Waals surface area contributed by atoms with Crippen LogP contribution in [0.15, 0.2) is 72.8 Å². The Kier molecular flexibility index (Phi) is 4.95. The van der Waals surface area contributed by atoms with E-state index in [1.54, 1.807) is 29.2 Å². The van der Waals surface area contributed by atoms with E-state index in [2.05, 4.69) is 35.0 Å². The molecule has 1 aromatic heterocycles. The Hall–Kier alpha value is -4.37. The van der Waals surface area contributed by atoms with Gasteiger partial charge in [0.15, 0.2) is 0 Å². The number of hydrogen-bond donors (Lipinski definition) is 1. The number of rotatable bonds is 4. The van der Waals surface area contributed by atoms with Crippen LogP contribution in [0, 0.1) is 18.3 Å². The Balaban J connectivity index is 1.54. The Morgan fingerprint density at radius 1 is 1.03 bits per heavy atom. The number of amides is 2. The fourth-order valence-corrected chi connectivity index (χ4v) is 4.72. The standard InChI is InChI=1S/C27H22N4O2/c1-17-25(22-9-5-6-10-23(22)30(17)2)26-20-7-3-4-8-21(20)27(33)31(26)16-24(32)29-19-13-11-18(15-28)12-14-19/h3-14,26H,16H2,1-2H3,(H,29,32). The van der Waals surface area contributed by atoms with Gasteiger partial charge in [-0.1, -0.05) is 36.4 Å². The maximum absolute atomic E-state index is 13.4. The van der Waals surface area contributed by atoms with Crippen molar-refractivity contribution in [2.24, 2.45) is 7.05 Å². The molecule has 1 unspecified atom stereocenters. The molecular formula is C27H22N4O2. The van der Waals surface area contributed by atoms with Crippen LogP contribution in [0.3, 0.4) is 0 Å². The first-order valence-electron chi connectivity index (χ1n) is 10.7. The molecule has 1 N–H and O–H groups in total. The number of fused-ring (bicyclic) bond motifs is 2. The molecule has 1 aliphatic heterocycles. The Bertz CT molecular complexity index is 1440. The molecule has 0 saturated carbocycles. The van der Waals surface area contributed by atoms with Gasteiger partial charge in [-0.25, -0.2) is 0 Å². The minimum atomic E-state index is -0.355. The molecule has 1 atom stereocenters. The molecule has 2 amide bonds. The predicted molar refractivity (Wildman–Crippen MR) is 127 cm³/mol. The predicted octanol–water partition coefficient (Wildman–Crippen LogP) is 4.54. The highest BCUT2D eigenvalue weighted by molar-refractivity contribution is 6.04. The van der Waals surface area contributed by atoms with E-state index < -0.39 is 0 Å². The van der Waals surface area contributed by atoms with Crippen molar-refractivity contribution in [1.82, 2.24) is 9.47 Å². The second-order valence-corrected chi connectivity index (χ2v) is 8.24. The number of anilines is 1. The summed E-state index contributed by atoms with van der Waals surface area (Å²) in [5.74, 6) is -0.443. The quantitative estimate of drug-likeness (QED) is 0.512. The van der Waals surface area contributed by atoms with E-state index in [0.29, 0.717) is 16.8 Å². The van der Waals surface area contributed by atoms with Gasteiger partial charge in [0.2, 0.25) is 5.91 Å². The van der Waals surface area contributed by atoms with Crippen molar-refractivity contribution < 1.29 is 9.59 Å². The van der Waals surface area contributed by atoms with Crippen molar-refractivity contribution in [2.75, 3.05) is 11.9 Å². The molecule has 0 aliphatic carbocycles. The van der Waals surface area contributed by atoms with Gasteiger partial charge in [-0.2, -0.15) is 5.26 Å². The van der Waals surface area contributed by atoms with Gasteiger partial charge in [-0.05, 0) is 48.9 Å². The number of para-hydroxylation sites is 1. The summed E-state index contributed by atoms with van der Waals surface area (Å²) in [5, 5.41) is 12.9. The summed E-state index contributed by atoms with van der Waals surface area (Å²) in [4.78, 5) is 28.0. The van der Waals surface area contributed by atoms with E-state index >= 15 is 0 Å². The van der Waals surface area contributed by atoms with E-state index in [1.165, 1.54) is 0 Å². The summed E-state index contributed by atoms with van der Waals surface area (Å²) in [7, 11) is 2.02. The number of carbonyl (C=O) groups excluding carboxylic acids is 2. The number of nitriles is 1. The molecule has 162 valence electrons. The van der Waals surface area contributed by atoms with Gasteiger partial charge < -0.3 is 14.8 Å². The number of nitrogens with one attached hydrogen (secondary N) is 1. The number of aromatic nitrogens is 1. The second-order valence-electron chi connectivity index (χ2n) is 8.24. The summed E-state index contributed by atoms with van der Waals surface area (Å²) in [6, 6.07) is 24.1. The van der Waals surface area contributed by atoms with Crippen LogP contribution < -0.4 is 5.32 Å². The fourth-order valence-electron chi connectivity index (χ4n) is 4.72. The summed E-state index contributed by atoms with van der Waals surface area (Å²) in [5.41, 5.74) is 5.82. The van der Waals surface area contributed by atoms with Gasteiger partial charge in [0.1, 0.15) is 6.54 Å². The van der Waals surface area contributed by atoms with Crippen LogP contribution in [0.1, 0.15) is 38.8 Å². The SMILES string of the molecule is Cc1c(C2c3ccccc3C(=O)N2CC(=O)Nc2ccc(C#N)cc2)c2ccccc2n1C. The first kappa shape index (κ1) is 20.5. The highest BCUT2D eigenvalue weighted by Gasteiger charge is 2.40. The molecule has 1 aliphatic rings. The average Bonchev–Trinajstić information content (AvgIpc) is 3.25. The van der Waals surface area contributed by atoms with Crippen LogP contribution in [-0.4, -0.2) is 27.8 Å². The van der Waals surface area contributed by atoms with Crippen molar-refractivity contribution >= 4 is 28.4 Å². The molecule has 0 spiro atoms. The van der Waals surface area contributed by atoms with Gasteiger partial charge in [-0.15, -0.1) is 0 Å². The highest BCUT2D eigenvalue weighted by atomic mass is 16.2. The first-order valence-corrected chi connectivity index (χ1v) is 10.7. The molecule has 0 bridgehead atoms. The van der Waals surface area contributed by atoms with Gasteiger partial charge in [0.25, 0.3) is 5.91 Å². The largest absolute Gasteiger partial charge is 0.348 e. The zero-order chi connectivity index (χ0) is 23.1. The molecule has 6 nitrogen and oxygen atoms in total. The van der Waals surface area contributed by atoms with Crippen LogP contribution in [0.4, 0.5) is 5.69 Å². The summed E-state index contributed by atoms with van der Waals surface area (Å²) < 4.78 is 2.13. The van der Waals surface area contributed by atoms with Crippen molar-refractivity contribution in [2.45, 2.75) is 13.0 Å². The Morgan fingerprint density at radius 3 is 2.48 bits per heavy atom. The third-order valence-corrected chi connectivity index (χ3v) is 6.39. The molecule has 3 aromatic carbocycles. The zero-order valence-corrected chi connectivity index (χ0v) is 18.4. The lowest BCUT2D eigenvalue weighted by Gasteiger charge is -2.26. The number of aryl methyl sites for hydroxylation is 1. The van der Waals surface area contributed by atoms with Gasteiger partial charge >= 0.3 is 0 Å². The number of nitrogens with zero attached hydrogens (tertiary/aromatic N) is 3. The molecule has 2 heterocycles. The molecule has 6 heteroatoms. The van der Waals surface area contributed by atoms with Crippen LogP contribution in [0.25, 0.3) is 10.9 Å². The molecular weight excluding hydrogens is 412 g/mol. The summed E-state index contributed by atoms with van der Waals surface area (Å²) in [6.07, 6.45) is 0. The molecule has 4 aromatic rings. The average molecular weight is 434 g/mol. The number of benzene rings is 3. The van der Waals surface area contributed by atoms with Gasteiger partial charge in [0.05, 0.1) is 17.7 Å². The molecule has 0 saturated heterocycles. The topological polar surface area (TPSA) is 78.1 Å². The van der Waals surface area contributed by atoms with Crippen molar-refractivity contribution in [3.63, 3.8) is 0 Å². The normalized spacial score (nSPS) is 14.9. The third kappa shape index (κ3) is 3.35. The van der Waals surface area contributed by atoms with Gasteiger partial charge in [0, 0.05) is 40.5 Å². The molecule has 33 heavy (non-hydrogen) atoms. The lowest BCUT2D eigenvalue weighted by Crippen LogP contribution is -2.36. The van der Waals surface area contributed by atoms with Crippen LogP contribution in [0.2, 0.25) is 0 Å². The van der Waals surface area contributed by atoms with Gasteiger partial charge in [-0.3, -0.25) is 9.59 Å². The fraction of sp³-hybridized carbons (Fsp3) is 0.148. The Morgan fingerprint density at radius 2 is 1.73 bits per heavy atom. The maximum atomic E-state index is 13.4. The van der Waals surface area contributed by atoms with Crippen molar-refractivity contribution in [1.29, 1.82) is 5.26 Å². The van der Waals surface area contributed by atoms with Crippen LogP contribution in [0.5, 0.6) is 0 Å². The summed E-state index contributed by atoms with van der Waals surface area (Å²) in [6.45, 7) is 1.97. The smallest absolute Gasteiger partial charge is 0.255 e. The van der Waals surface area contributed by atoms with E-state index in [-0.39, 0.29) is 24.4 Å². The molecule has 0 fully saturated rings. The van der Waals surface area contributed by atoms with Crippen LogP contribution in [-0.2, 0) is 11.8 Å². The van der Waals surface area contributed by atoms with E-state index in [4.69, 9.17) is 5.26 Å². The number of carbonyl (C=O) groups is 2. The maximum Gasteiger partial charge on any atom is 0.255 e. The lowest BCUT2D eigenvalue weighted by molar-refractivity contribution is -0.117.